The van der Waals surface area contributed by atoms with Crippen LogP contribution in [-0.4, -0.2) is 24.7 Å². The Labute approximate surface area is 129 Å². The summed E-state index contributed by atoms with van der Waals surface area (Å²) in [7, 11) is 0. The zero-order valence-corrected chi connectivity index (χ0v) is 13.2. The van der Waals surface area contributed by atoms with Gasteiger partial charge < -0.3 is 5.32 Å². The summed E-state index contributed by atoms with van der Waals surface area (Å²) in [6.07, 6.45) is 4.43. The fourth-order valence-electron chi connectivity index (χ4n) is 2.48. The third kappa shape index (κ3) is 2.64. The maximum atomic E-state index is 4.65. The molecular weight excluding hydrogens is 276 g/mol. The van der Waals surface area contributed by atoms with E-state index in [0.29, 0.717) is 6.54 Å². The van der Waals surface area contributed by atoms with Gasteiger partial charge in [-0.1, -0.05) is 13.0 Å². The minimum absolute atomic E-state index is 0.678. The van der Waals surface area contributed by atoms with Crippen LogP contribution < -0.4 is 5.32 Å². The molecule has 0 spiro atoms. The average Bonchev–Trinajstić information content (AvgIpc) is 2.90. The Balaban J connectivity index is 2.02. The van der Waals surface area contributed by atoms with Crippen LogP contribution in [0.4, 0.5) is 5.82 Å². The van der Waals surface area contributed by atoms with Crippen LogP contribution in [0.3, 0.4) is 0 Å². The van der Waals surface area contributed by atoms with E-state index in [1.807, 2.05) is 29.9 Å². The minimum atomic E-state index is 0.678. The number of anilines is 1. The summed E-state index contributed by atoms with van der Waals surface area (Å²) in [4.78, 5) is 13.4. The van der Waals surface area contributed by atoms with Crippen molar-refractivity contribution < 1.29 is 0 Å². The van der Waals surface area contributed by atoms with Crippen molar-refractivity contribution in [3.05, 3.63) is 41.6 Å². The fraction of sp³-hybridized carbons (Fsp3) is 0.375. The summed E-state index contributed by atoms with van der Waals surface area (Å²) in [5.41, 5.74) is 3.97. The molecule has 114 valence electrons. The first-order valence-electron chi connectivity index (χ1n) is 7.59. The molecule has 3 aromatic heterocycles. The quantitative estimate of drug-likeness (QED) is 0.784. The number of rotatable bonds is 5. The van der Waals surface area contributed by atoms with E-state index >= 15 is 0 Å². The molecule has 0 amide bonds. The molecule has 0 saturated heterocycles. The van der Waals surface area contributed by atoms with E-state index in [2.05, 4.69) is 39.2 Å². The van der Waals surface area contributed by atoms with Gasteiger partial charge in [0.1, 0.15) is 16.9 Å². The SMILES string of the molecule is CCc1nc(NCc2cccnc2)c2c(n1)c(C)nn2CC. The van der Waals surface area contributed by atoms with Gasteiger partial charge in [0.25, 0.3) is 0 Å². The van der Waals surface area contributed by atoms with Crippen molar-refractivity contribution in [1.82, 2.24) is 24.7 Å². The fourth-order valence-corrected chi connectivity index (χ4v) is 2.48. The Bertz CT molecular complexity index is 778. The van der Waals surface area contributed by atoms with Gasteiger partial charge in [-0.25, -0.2) is 9.97 Å². The first kappa shape index (κ1) is 14.4. The highest BCUT2D eigenvalue weighted by Crippen LogP contribution is 2.24. The summed E-state index contributed by atoms with van der Waals surface area (Å²) in [5.74, 6) is 1.67. The Morgan fingerprint density at radius 2 is 2.09 bits per heavy atom. The van der Waals surface area contributed by atoms with Crippen molar-refractivity contribution in [2.24, 2.45) is 0 Å². The molecule has 1 N–H and O–H groups in total. The van der Waals surface area contributed by atoms with Crippen LogP contribution in [-0.2, 0) is 19.5 Å². The third-order valence-corrected chi connectivity index (χ3v) is 3.60. The maximum absolute atomic E-state index is 4.65. The Morgan fingerprint density at radius 1 is 1.23 bits per heavy atom. The first-order valence-corrected chi connectivity index (χ1v) is 7.59. The van der Waals surface area contributed by atoms with Crippen molar-refractivity contribution >= 4 is 16.9 Å². The van der Waals surface area contributed by atoms with Crippen LogP contribution in [0.25, 0.3) is 11.0 Å². The van der Waals surface area contributed by atoms with Crippen molar-refractivity contribution in [1.29, 1.82) is 0 Å². The molecule has 0 atom stereocenters. The van der Waals surface area contributed by atoms with E-state index in [1.165, 1.54) is 0 Å². The summed E-state index contributed by atoms with van der Waals surface area (Å²) < 4.78 is 1.95. The molecule has 0 aliphatic rings. The van der Waals surface area contributed by atoms with Gasteiger partial charge in [-0.3, -0.25) is 9.67 Å². The van der Waals surface area contributed by atoms with Crippen LogP contribution in [0.5, 0.6) is 0 Å². The van der Waals surface area contributed by atoms with Gasteiger partial charge in [0.15, 0.2) is 5.82 Å². The highest BCUT2D eigenvalue weighted by Gasteiger charge is 2.15. The van der Waals surface area contributed by atoms with Crippen LogP contribution in [0.15, 0.2) is 24.5 Å². The van der Waals surface area contributed by atoms with E-state index < -0.39 is 0 Å². The molecule has 0 aliphatic carbocycles. The summed E-state index contributed by atoms with van der Waals surface area (Å²) in [5, 5.41) is 7.98. The molecular formula is C16H20N6. The predicted octanol–water partition coefficient (Wildman–Crippen LogP) is 2.72. The molecule has 0 saturated carbocycles. The number of pyridine rings is 1. The zero-order chi connectivity index (χ0) is 15.5. The lowest BCUT2D eigenvalue weighted by Gasteiger charge is -2.10. The number of aryl methyl sites for hydroxylation is 3. The highest BCUT2D eigenvalue weighted by atomic mass is 15.3. The van der Waals surface area contributed by atoms with Gasteiger partial charge in [-0.05, 0) is 25.5 Å². The predicted molar refractivity (Wildman–Crippen MR) is 86.7 cm³/mol. The molecule has 0 radical (unpaired) electrons. The molecule has 3 rings (SSSR count). The zero-order valence-electron chi connectivity index (χ0n) is 13.2. The molecule has 6 heteroatoms. The Hall–Kier alpha value is -2.50. The normalized spacial score (nSPS) is 11.0. The van der Waals surface area contributed by atoms with E-state index in [9.17, 15) is 0 Å². The third-order valence-electron chi connectivity index (χ3n) is 3.60. The maximum Gasteiger partial charge on any atom is 0.156 e. The van der Waals surface area contributed by atoms with Gasteiger partial charge in [-0.15, -0.1) is 0 Å². The molecule has 0 aliphatic heterocycles. The molecule has 0 aromatic carbocycles. The second kappa shape index (κ2) is 6.09. The molecule has 22 heavy (non-hydrogen) atoms. The largest absolute Gasteiger partial charge is 0.364 e. The van der Waals surface area contributed by atoms with Crippen molar-refractivity contribution in [3.8, 4) is 0 Å². The van der Waals surface area contributed by atoms with E-state index in [1.54, 1.807) is 6.20 Å². The lowest BCUT2D eigenvalue weighted by atomic mass is 10.2. The van der Waals surface area contributed by atoms with Crippen LogP contribution in [0.1, 0.15) is 30.9 Å². The highest BCUT2D eigenvalue weighted by molar-refractivity contribution is 5.87. The van der Waals surface area contributed by atoms with Crippen LogP contribution in [0.2, 0.25) is 0 Å². The number of hydrogen-bond donors (Lipinski definition) is 1. The van der Waals surface area contributed by atoms with Crippen molar-refractivity contribution in [3.63, 3.8) is 0 Å². The first-order chi connectivity index (χ1) is 10.7. The number of aromatic nitrogens is 5. The van der Waals surface area contributed by atoms with Gasteiger partial charge in [0.05, 0.1) is 5.69 Å². The molecule has 0 bridgehead atoms. The Kier molecular flexibility index (Phi) is 4.00. The van der Waals surface area contributed by atoms with E-state index in [0.717, 1.165) is 46.9 Å². The average molecular weight is 296 g/mol. The minimum Gasteiger partial charge on any atom is -0.364 e. The second-order valence-corrected chi connectivity index (χ2v) is 5.16. The number of nitrogens with one attached hydrogen (secondary N) is 1. The number of nitrogens with zero attached hydrogens (tertiary/aromatic N) is 5. The standard InChI is InChI=1S/C16H20N6/c1-4-13-19-14-11(3)21-22(5-2)15(14)16(20-13)18-10-12-7-6-8-17-9-12/h6-9H,4-5,10H2,1-3H3,(H,18,19,20). The summed E-state index contributed by atoms with van der Waals surface area (Å²) in [6.45, 7) is 7.60. The monoisotopic (exact) mass is 296 g/mol. The second-order valence-electron chi connectivity index (χ2n) is 5.16. The van der Waals surface area contributed by atoms with Gasteiger partial charge in [0.2, 0.25) is 0 Å². The van der Waals surface area contributed by atoms with Crippen LogP contribution >= 0.6 is 0 Å². The van der Waals surface area contributed by atoms with Crippen molar-refractivity contribution in [2.75, 3.05) is 5.32 Å². The number of fused-ring (bicyclic) bond motifs is 1. The van der Waals surface area contributed by atoms with Gasteiger partial charge >= 0.3 is 0 Å². The topological polar surface area (TPSA) is 68.5 Å². The molecule has 0 fully saturated rings. The Morgan fingerprint density at radius 3 is 2.77 bits per heavy atom. The van der Waals surface area contributed by atoms with Crippen molar-refractivity contribution in [2.45, 2.75) is 40.3 Å². The summed E-state index contributed by atoms with van der Waals surface area (Å²) >= 11 is 0. The molecule has 6 nitrogen and oxygen atoms in total. The lowest BCUT2D eigenvalue weighted by molar-refractivity contribution is 0.675. The lowest BCUT2D eigenvalue weighted by Crippen LogP contribution is -2.08. The molecule has 3 aromatic rings. The van der Waals surface area contributed by atoms with Crippen LogP contribution in [0, 0.1) is 6.92 Å². The van der Waals surface area contributed by atoms with Gasteiger partial charge in [-0.2, -0.15) is 5.10 Å². The number of hydrogen-bond acceptors (Lipinski definition) is 5. The molecule has 3 heterocycles. The van der Waals surface area contributed by atoms with E-state index in [4.69, 9.17) is 0 Å². The smallest absolute Gasteiger partial charge is 0.156 e. The summed E-state index contributed by atoms with van der Waals surface area (Å²) in [6, 6.07) is 3.98. The van der Waals surface area contributed by atoms with E-state index in [-0.39, 0.29) is 0 Å². The van der Waals surface area contributed by atoms with Gasteiger partial charge in [0, 0.05) is 31.9 Å². The molecule has 0 unspecified atom stereocenters.